The molecular weight excluding hydrogens is 378 g/mol. The van der Waals surface area contributed by atoms with Crippen LogP contribution in [0, 0.1) is 12.8 Å². The Kier molecular flexibility index (Phi) is 6.54. The van der Waals surface area contributed by atoms with E-state index >= 15 is 0 Å². The van der Waals surface area contributed by atoms with E-state index in [4.69, 9.17) is 9.15 Å². The molecule has 0 spiro atoms. The highest BCUT2D eigenvalue weighted by molar-refractivity contribution is 5.78. The third-order valence-electron chi connectivity index (χ3n) is 6.21. The van der Waals surface area contributed by atoms with Crippen LogP contribution in [0.5, 0.6) is 0 Å². The van der Waals surface area contributed by atoms with Gasteiger partial charge in [0.25, 0.3) is 0 Å². The fraction of sp³-hybridized carbons (Fsp3) is 0.583. The highest BCUT2D eigenvalue weighted by Crippen LogP contribution is 2.24. The zero-order valence-corrected chi connectivity index (χ0v) is 18.3. The summed E-state index contributed by atoms with van der Waals surface area (Å²) < 4.78 is 11.7. The molecular formula is C24H33N3O3. The summed E-state index contributed by atoms with van der Waals surface area (Å²) in [5.41, 5.74) is 1.68. The van der Waals surface area contributed by atoms with Gasteiger partial charge in [-0.15, -0.1) is 0 Å². The third-order valence-corrected chi connectivity index (χ3v) is 6.21. The summed E-state index contributed by atoms with van der Waals surface area (Å²) in [5, 5.41) is 0. The van der Waals surface area contributed by atoms with Gasteiger partial charge < -0.3 is 14.1 Å². The van der Waals surface area contributed by atoms with Gasteiger partial charge in [0.05, 0.1) is 24.3 Å². The lowest BCUT2D eigenvalue weighted by atomic mass is 9.95. The van der Waals surface area contributed by atoms with Gasteiger partial charge in [-0.3, -0.25) is 9.69 Å². The number of piperidine rings is 1. The van der Waals surface area contributed by atoms with E-state index in [1.807, 2.05) is 42.2 Å². The fourth-order valence-corrected chi connectivity index (χ4v) is 4.71. The molecule has 3 heterocycles. The molecule has 2 unspecified atom stereocenters. The summed E-state index contributed by atoms with van der Waals surface area (Å²) in [5.74, 6) is 2.12. The van der Waals surface area contributed by atoms with Gasteiger partial charge in [0.2, 0.25) is 11.8 Å². The number of oxazole rings is 1. The molecule has 6 heteroatoms. The maximum atomic E-state index is 12.9. The number of morpholine rings is 1. The van der Waals surface area contributed by atoms with E-state index in [1.54, 1.807) is 0 Å². The zero-order valence-electron chi connectivity index (χ0n) is 18.3. The Morgan fingerprint density at radius 3 is 2.43 bits per heavy atom. The molecule has 2 aliphatic heterocycles. The molecule has 30 heavy (non-hydrogen) atoms. The zero-order chi connectivity index (χ0) is 21.1. The number of aromatic nitrogens is 1. The first-order chi connectivity index (χ1) is 14.5. The van der Waals surface area contributed by atoms with Gasteiger partial charge in [-0.25, -0.2) is 4.98 Å². The Morgan fingerprint density at radius 1 is 1.10 bits per heavy atom. The number of aryl methyl sites for hydroxylation is 1. The van der Waals surface area contributed by atoms with Crippen LogP contribution in [0.15, 0.2) is 34.7 Å². The lowest BCUT2D eigenvalue weighted by Crippen LogP contribution is -2.48. The van der Waals surface area contributed by atoms with Crippen molar-refractivity contribution in [2.45, 2.75) is 52.2 Å². The number of amides is 1. The third kappa shape index (κ3) is 5.10. The molecule has 0 N–H and O–H groups in total. The monoisotopic (exact) mass is 411 g/mol. The van der Waals surface area contributed by atoms with Crippen molar-refractivity contribution in [2.75, 3.05) is 32.7 Å². The van der Waals surface area contributed by atoms with Crippen LogP contribution < -0.4 is 0 Å². The Morgan fingerprint density at radius 2 is 1.77 bits per heavy atom. The summed E-state index contributed by atoms with van der Waals surface area (Å²) in [4.78, 5) is 22.0. The lowest BCUT2D eigenvalue weighted by Gasteiger charge is -2.39. The van der Waals surface area contributed by atoms with Crippen LogP contribution in [0.1, 0.15) is 38.1 Å². The summed E-state index contributed by atoms with van der Waals surface area (Å²) in [7, 11) is 0. The van der Waals surface area contributed by atoms with E-state index < -0.39 is 0 Å². The number of carbonyl (C=O) groups is 1. The number of carbonyl (C=O) groups excluding carboxylic acids is 1. The van der Waals surface area contributed by atoms with Crippen molar-refractivity contribution in [3.8, 4) is 11.5 Å². The van der Waals surface area contributed by atoms with Crippen molar-refractivity contribution in [1.29, 1.82) is 0 Å². The molecule has 162 valence electrons. The summed E-state index contributed by atoms with van der Waals surface area (Å²) in [6.07, 6.45) is 3.06. The Balaban J connectivity index is 1.28. The molecule has 0 radical (unpaired) electrons. The first kappa shape index (κ1) is 21.1. The van der Waals surface area contributed by atoms with Gasteiger partial charge >= 0.3 is 0 Å². The number of rotatable bonds is 5. The summed E-state index contributed by atoms with van der Waals surface area (Å²) >= 11 is 0. The highest BCUT2D eigenvalue weighted by Gasteiger charge is 2.28. The Bertz CT molecular complexity index is 833. The number of benzene rings is 1. The lowest BCUT2D eigenvalue weighted by molar-refractivity contribution is -0.132. The van der Waals surface area contributed by atoms with Crippen LogP contribution in [-0.2, 0) is 16.0 Å². The van der Waals surface area contributed by atoms with Crippen molar-refractivity contribution < 1.29 is 13.9 Å². The molecule has 2 saturated heterocycles. The molecule has 1 aromatic carbocycles. The molecule has 0 saturated carbocycles. The summed E-state index contributed by atoms with van der Waals surface area (Å²) in [6, 6.07) is 9.83. The molecule has 4 rings (SSSR count). The second kappa shape index (κ2) is 9.31. The molecule has 1 amide bonds. The number of ether oxygens (including phenoxy) is 1. The maximum absolute atomic E-state index is 12.9. The topological polar surface area (TPSA) is 58.8 Å². The van der Waals surface area contributed by atoms with Crippen molar-refractivity contribution in [3.63, 3.8) is 0 Å². The minimum atomic E-state index is 0.151. The minimum Gasteiger partial charge on any atom is -0.441 e. The van der Waals surface area contributed by atoms with Crippen molar-refractivity contribution >= 4 is 5.91 Å². The quantitative estimate of drug-likeness (QED) is 0.753. The average molecular weight is 412 g/mol. The minimum absolute atomic E-state index is 0.151. The molecule has 2 aromatic rings. The van der Waals surface area contributed by atoms with Crippen LogP contribution in [0.2, 0.25) is 0 Å². The predicted molar refractivity (Wildman–Crippen MR) is 116 cm³/mol. The van der Waals surface area contributed by atoms with E-state index in [-0.39, 0.29) is 5.91 Å². The van der Waals surface area contributed by atoms with Crippen LogP contribution >= 0.6 is 0 Å². The van der Waals surface area contributed by atoms with Gasteiger partial charge in [-0.05, 0) is 51.7 Å². The van der Waals surface area contributed by atoms with E-state index in [1.165, 1.54) is 0 Å². The van der Waals surface area contributed by atoms with Crippen LogP contribution in [0.25, 0.3) is 11.5 Å². The van der Waals surface area contributed by atoms with Gasteiger partial charge in [0.15, 0.2) is 0 Å². The number of hydrogen-bond donors (Lipinski definition) is 0. The predicted octanol–water partition coefficient (Wildman–Crippen LogP) is 3.54. The van der Waals surface area contributed by atoms with Crippen molar-refractivity contribution in [3.05, 3.63) is 41.8 Å². The second-order valence-electron chi connectivity index (χ2n) is 8.86. The Hall–Kier alpha value is -2.18. The standard InChI is InChI=1S/C24H33N3O3/c1-17-14-26(15-18(2)29-17)16-20-9-11-27(12-10-20)23(28)13-22-19(3)30-24(25-22)21-7-5-4-6-8-21/h4-8,17-18,20H,9-16H2,1-3H3. The molecule has 0 bridgehead atoms. The van der Waals surface area contributed by atoms with Gasteiger partial charge in [0, 0.05) is 38.3 Å². The van der Waals surface area contributed by atoms with Gasteiger partial charge in [-0.2, -0.15) is 0 Å². The normalized spacial score (nSPS) is 23.6. The molecule has 2 fully saturated rings. The largest absolute Gasteiger partial charge is 0.441 e. The van der Waals surface area contributed by atoms with E-state index in [2.05, 4.69) is 23.7 Å². The number of nitrogens with zero attached hydrogens (tertiary/aromatic N) is 3. The van der Waals surface area contributed by atoms with E-state index in [0.717, 1.165) is 62.6 Å². The highest BCUT2D eigenvalue weighted by atomic mass is 16.5. The van der Waals surface area contributed by atoms with Gasteiger partial charge in [0.1, 0.15) is 5.76 Å². The SMILES string of the molecule is Cc1oc(-c2ccccc2)nc1CC(=O)N1CCC(CN2CC(C)OC(C)C2)CC1. The Labute approximate surface area is 179 Å². The smallest absolute Gasteiger partial charge is 0.228 e. The van der Waals surface area contributed by atoms with E-state index in [0.29, 0.717) is 30.4 Å². The molecule has 2 atom stereocenters. The molecule has 2 aliphatic rings. The van der Waals surface area contributed by atoms with Crippen LogP contribution in [-0.4, -0.2) is 65.6 Å². The molecule has 0 aliphatic carbocycles. The molecule has 1 aromatic heterocycles. The van der Waals surface area contributed by atoms with Crippen molar-refractivity contribution in [1.82, 2.24) is 14.8 Å². The first-order valence-corrected chi connectivity index (χ1v) is 11.1. The van der Waals surface area contributed by atoms with Crippen molar-refractivity contribution in [2.24, 2.45) is 5.92 Å². The van der Waals surface area contributed by atoms with Crippen LogP contribution in [0.4, 0.5) is 0 Å². The van der Waals surface area contributed by atoms with Crippen LogP contribution in [0.3, 0.4) is 0 Å². The summed E-state index contributed by atoms with van der Waals surface area (Å²) in [6.45, 7) is 11.0. The van der Waals surface area contributed by atoms with Gasteiger partial charge in [-0.1, -0.05) is 18.2 Å². The fourth-order valence-electron chi connectivity index (χ4n) is 4.71. The number of hydrogen-bond acceptors (Lipinski definition) is 5. The van der Waals surface area contributed by atoms with E-state index in [9.17, 15) is 4.79 Å². The maximum Gasteiger partial charge on any atom is 0.228 e. The second-order valence-corrected chi connectivity index (χ2v) is 8.86. The number of likely N-dealkylation sites (tertiary alicyclic amines) is 1. The molecule has 6 nitrogen and oxygen atoms in total. The average Bonchev–Trinajstić information content (AvgIpc) is 3.09. The first-order valence-electron chi connectivity index (χ1n) is 11.1.